The quantitative estimate of drug-likeness (QED) is 0.285. The van der Waals surface area contributed by atoms with Crippen LogP contribution in [0.3, 0.4) is 0 Å². The highest BCUT2D eigenvalue weighted by Crippen LogP contribution is 2.38. The molecule has 6 nitrogen and oxygen atoms in total. The minimum Gasteiger partial charge on any atom is -0.494 e. The van der Waals surface area contributed by atoms with Crippen LogP contribution in [-0.2, 0) is 0 Å². The molecule has 1 N–H and O–H groups in total. The lowest BCUT2D eigenvalue weighted by Gasteiger charge is -2.20. The van der Waals surface area contributed by atoms with Crippen LogP contribution in [0.15, 0.2) is 16.9 Å². The van der Waals surface area contributed by atoms with Gasteiger partial charge in [-0.1, -0.05) is 68.7 Å². The van der Waals surface area contributed by atoms with Gasteiger partial charge >= 0.3 is 0 Å². The van der Waals surface area contributed by atoms with Gasteiger partial charge < -0.3 is 9.84 Å². The lowest BCUT2D eigenvalue weighted by atomic mass is 9.96. The number of aromatic nitrogens is 1. The summed E-state index contributed by atoms with van der Waals surface area (Å²) in [7, 11) is 0. The topological polar surface area (TPSA) is 92.3 Å². The fourth-order valence-corrected chi connectivity index (χ4v) is 5.14. The molecule has 3 rings (SSSR count). The minimum absolute atomic E-state index is 0.0835. The van der Waals surface area contributed by atoms with E-state index in [0.717, 1.165) is 38.5 Å². The summed E-state index contributed by atoms with van der Waals surface area (Å²) in [4.78, 5) is 26.4. The molecule has 0 radical (unpaired) electrons. The van der Waals surface area contributed by atoms with Crippen molar-refractivity contribution in [2.45, 2.75) is 77.7 Å². The van der Waals surface area contributed by atoms with Gasteiger partial charge in [-0.25, -0.2) is 0 Å². The van der Waals surface area contributed by atoms with Crippen LogP contribution >= 0.6 is 23.2 Å². The Morgan fingerprint density at radius 2 is 1.79 bits per heavy atom. The summed E-state index contributed by atoms with van der Waals surface area (Å²) in [5.74, 6) is -0.670. The van der Waals surface area contributed by atoms with Gasteiger partial charge in [-0.3, -0.25) is 14.2 Å². The van der Waals surface area contributed by atoms with Crippen LogP contribution in [0.4, 0.5) is 0 Å². The number of nitrogens with zero attached hydrogens (tertiary/aromatic N) is 2. The maximum atomic E-state index is 13.5. The second-order valence-electron chi connectivity index (χ2n) is 8.78. The smallest absolute Gasteiger partial charge is 0.271 e. The molecule has 1 aromatic heterocycles. The lowest BCUT2D eigenvalue weighted by molar-refractivity contribution is 0.103. The highest BCUT2D eigenvalue weighted by molar-refractivity contribution is 6.38. The van der Waals surface area contributed by atoms with Gasteiger partial charge in [0.05, 0.1) is 22.2 Å². The molecule has 1 fully saturated rings. The Morgan fingerprint density at radius 3 is 2.38 bits per heavy atom. The van der Waals surface area contributed by atoms with Crippen molar-refractivity contribution >= 4 is 29.0 Å². The Bertz CT molecular complexity index is 1140. The molecule has 1 aliphatic rings. The van der Waals surface area contributed by atoms with Crippen molar-refractivity contribution in [3.05, 3.63) is 54.8 Å². The van der Waals surface area contributed by atoms with Crippen LogP contribution in [0.1, 0.15) is 97.8 Å². The number of nitriles is 1. The average Bonchev–Trinajstić information content (AvgIpc) is 3.32. The normalized spacial score (nSPS) is 13.7. The van der Waals surface area contributed by atoms with Gasteiger partial charge in [0.15, 0.2) is 11.5 Å². The van der Waals surface area contributed by atoms with Crippen molar-refractivity contribution in [1.82, 2.24) is 4.57 Å². The number of aromatic hydroxyl groups is 1. The number of pyridine rings is 1. The van der Waals surface area contributed by atoms with E-state index in [-0.39, 0.29) is 38.3 Å². The van der Waals surface area contributed by atoms with Crippen molar-refractivity contribution in [3.8, 4) is 17.7 Å². The molecule has 0 spiro atoms. The van der Waals surface area contributed by atoms with Crippen LogP contribution in [0.25, 0.3) is 0 Å². The Kier molecular flexibility index (Phi) is 9.04. The summed E-state index contributed by atoms with van der Waals surface area (Å²) < 4.78 is 6.96. The van der Waals surface area contributed by atoms with E-state index in [2.05, 4.69) is 6.92 Å². The number of halogens is 2. The first-order valence-corrected chi connectivity index (χ1v) is 12.6. The molecule has 0 bridgehead atoms. The third-order valence-corrected chi connectivity index (χ3v) is 6.98. The zero-order chi connectivity index (χ0) is 24.8. The molecular formula is C26H30Cl2N2O4. The molecule has 34 heavy (non-hydrogen) atoms. The third kappa shape index (κ3) is 5.42. The molecule has 0 unspecified atom stereocenters. The summed E-state index contributed by atoms with van der Waals surface area (Å²) in [5, 5.41) is 21.0. The highest BCUT2D eigenvalue weighted by Gasteiger charge is 2.30. The molecule has 8 heteroatoms. The second kappa shape index (κ2) is 11.8. The summed E-state index contributed by atoms with van der Waals surface area (Å²) >= 11 is 12.8. The fraction of sp³-hybridized carbons (Fsp3) is 0.500. The van der Waals surface area contributed by atoms with Gasteiger partial charge in [0.1, 0.15) is 11.6 Å². The SMILES string of the molecule is CCCCCCCOc1c(Cl)cc(C(=O)c2c(C)c(C#N)c(=O)n(C3CCCC3)c2O)cc1Cl. The predicted octanol–water partition coefficient (Wildman–Crippen LogP) is 6.74. The van der Waals surface area contributed by atoms with E-state index in [1.54, 1.807) is 0 Å². The van der Waals surface area contributed by atoms with E-state index >= 15 is 0 Å². The Hall–Kier alpha value is -2.49. The first kappa shape index (κ1) is 26.1. The zero-order valence-electron chi connectivity index (χ0n) is 19.6. The van der Waals surface area contributed by atoms with Gasteiger partial charge in [0.2, 0.25) is 5.88 Å². The molecule has 0 amide bonds. The number of hydrogen-bond acceptors (Lipinski definition) is 5. The Labute approximate surface area is 210 Å². The molecule has 182 valence electrons. The van der Waals surface area contributed by atoms with Crippen molar-refractivity contribution in [3.63, 3.8) is 0 Å². The van der Waals surface area contributed by atoms with E-state index in [1.807, 2.05) is 6.07 Å². The monoisotopic (exact) mass is 504 g/mol. The van der Waals surface area contributed by atoms with Crippen molar-refractivity contribution < 1.29 is 14.6 Å². The summed E-state index contributed by atoms with van der Waals surface area (Å²) in [6.45, 7) is 4.11. The Balaban J connectivity index is 1.93. The average molecular weight is 505 g/mol. The fourth-order valence-electron chi connectivity index (χ4n) is 4.55. The van der Waals surface area contributed by atoms with Crippen LogP contribution in [-0.4, -0.2) is 22.1 Å². The van der Waals surface area contributed by atoms with Gasteiger partial charge in [-0.15, -0.1) is 0 Å². The van der Waals surface area contributed by atoms with E-state index in [4.69, 9.17) is 27.9 Å². The van der Waals surface area contributed by atoms with Gasteiger partial charge in [-0.2, -0.15) is 5.26 Å². The molecule has 0 aliphatic heterocycles. The predicted molar refractivity (Wildman–Crippen MR) is 133 cm³/mol. The largest absolute Gasteiger partial charge is 0.494 e. The van der Waals surface area contributed by atoms with Crippen LogP contribution in [0, 0.1) is 18.3 Å². The molecule has 1 heterocycles. The minimum atomic E-state index is -0.570. The van der Waals surface area contributed by atoms with Crippen molar-refractivity contribution in [2.75, 3.05) is 6.61 Å². The van der Waals surface area contributed by atoms with Gasteiger partial charge in [0.25, 0.3) is 5.56 Å². The summed E-state index contributed by atoms with van der Waals surface area (Å²) in [6.07, 6.45) is 8.67. The zero-order valence-corrected chi connectivity index (χ0v) is 21.1. The number of ether oxygens (including phenoxy) is 1. The number of carbonyl (C=O) groups is 1. The van der Waals surface area contributed by atoms with E-state index < -0.39 is 17.2 Å². The standard InChI is InChI=1S/C26H30Cl2N2O4/c1-3-4-5-6-9-12-34-24-20(27)13-17(14-21(24)28)23(31)22-16(2)19(15-29)25(32)30(26(22)33)18-10-7-8-11-18/h13-14,18,33H,3-12H2,1-2H3. The summed E-state index contributed by atoms with van der Waals surface area (Å²) in [6, 6.07) is 4.55. The van der Waals surface area contributed by atoms with Gasteiger partial charge in [-0.05, 0) is 43.9 Å². The maximum absolute atomic E-state index is 13.5. The first-order valence-electron chi connectivity index (χ1n) is 11.9. The number of rotatable bonds is 10. The molecular weight excluding hydrogens is 475 g/mol. The molecule has 1 saturated carbocycles. The highest BCUT2D eigenvalue weighted by atomic mass is 35.5. The molecule has 1 aliphatic carbocycles. The van der Waals surface area contributed by atoms with Gasteiger partial charge in [0, 0.05) is 11.6 Å². The van der Waals surface area contributed by atoms with Crippen LogP contribution < -0.4 is 10.3 Å². The molecule has 0 atom stereocenters. The number of benzene rings is 1. The lowest BCUT2D eigenvalue weighted by Crippen LogP contribution is -2.29. The molecule has 1 aromatic carbocycles. The first-order chi connectivity index (χ1) is 16.3. The van der Waals surface area contributed by atoms with E-state index in [0.29, 0.717) is 25.2 Å². The van der Waals surface area contributed by atoms with Crippen molar-refractivity contribution in [1.29, 1.82) is 5.26 Å². The molecule has 0 saturated heterocycles. The second-order valence-corrected chi connectivity index (χ2v) is 9.60. The van der Waals surface area contributed by atoms with E-state index in [9.17, 15) is 20.0 Å². The number of unbranched alkanes of at least 4 members (excludes halogenated alkanes) is 4. The third-order valence-electron chi connectivity index (χ3n) is 6.42. The van der Waals surface area contributed by atoms with E-state index in [1.165, 1.54) is 30.0 Å². The van der Waals surface area contributed by atoms with Crippen LogP contribution in [0.5, 0.6) is 11.6 Å². The maximum Gasteiger partial charge on any atom is 0.271 e. The summed E-state index contributed by atoms with van der Waals surface area (Å²) in [5.41, 5.74) is -0.513. The van der Waals surface area contributed by atoms with Crippen LogP contribution in [0.2, 0.25) is 10.0 Å². The number of carbonyl (C=O) groups excluding carboxylic acids is 1. The van der Waals surface area contributed by atoms with Crippen molar-refractivity contribution in [2.24, 2.45) is 0 Å². The number of hydrogen-bond donors (Lipinski definition) is 1. The molecule has 2 aromatic rings. The Morgan fingerprint density at radius 1 is 1.18 bits per heavy atom. The number of ketones is 1.